The average molecular weight is 192 g/mol. The maximum Gasteiger partial charge on any atom is 0.325 e. The Hall–Kier alpha value is -1.18. The van der Waals surface area contributed by atoms with Crippen LogP contribution in [0, 0.1) is 0 Å². The summed E-state index contributed by atoms with van der Waals surface area (Å²) >= 11 is 0. The monoisotopic (exact) mass is 192 g/mol. The molecule has 0 heterocycles. The lowest BCUT2D eigenvalue weighted by atomic mass is 10.3. The maximum absolute atomic E-state index is 10.7. The summed E-state index contributed by atoms with van der Waals surface area (Å²) in [6, 6.07) is -2.42. The fourth-order valence-electron chi connectivity index (χ4n) is 0.425. The van der Waals surface area contributed by atoms with Gasteiger partial charge in [-0.25, -0.2) is 0 Å². The number of nitrogens with two attached hydrogens (primary N) is 2. The standard InChI is InChI=1S/C6H12N2O5/c7-3(1-9)6(12)13-2-4(8)5(10)11/h3-4,9H,1-2,7-8H2,(H,10,11). The van der Waals surface area contributed by atoms with Crippen LogP contribution >= 0.6 is 0 Å². The molecule has 0 fully saturated rings. The molecule has 2 unspecified atom stereocenters. The van der Waals surface area contributed by atoms with Crippen LogP contribution in [0.25, 0.3) is 0 Å². The molecule has 0 aliphatic heterocycles. The number of hydrogen-bond acceptors (Lipinski definition) is 6. The first-order valence-electron chi connectivity index (χ1n) is 3.50. The molecule has 0 saturated heterocycles. The van der Waals surface area contributed by atoms with Crippen molar-refractivity contribution in [2.45, 2.75) is 12.1 Å². The van der Waals surface area contributed by atoms with Crippen molar-refractivity contribution in [1.82, 2.24) is 0 Å². The zero-order valence-electron chi connectivity index (χ0n) is 6.84. The molecule has 7 heteroatoms. The summed E-state index contributed by atoms with van der Waals surface area (Å²) in [6.07, 6.45) is 0. The van der Waals surface area contributed by atoms with Gasteiger partial charge in [-0.2, -0.15) is 0 Å². The first-order chi connectivity index (χ1) is 5.99. The second-order valence-corrected chi connectivity index (χ2v) is 2.36. The van der Waals surface area contributed by atoms with Gasteiger partial charge in [-0.1, -0.05) is 0 Å². The summed E-state index contributed by atoms with van der Waals surface area (Å²) in [4.78, 5) is 20.9. The highest BCUT2D eigenvalue weighted by molar-refractivity contribution is 5.77. The van der Waals surface area contributed by atoms with E-state index in [-0.39, 0.29) is 0 Å². The molecular weight excluding hydrogens is 180 g/mol. The molecule has 0 aromatic rings. The van der Waals surface area contributed by atoms with Gasteiger partial charge in [0.1, 0.15) is 18.7 Å². The van der Waals surface area contributed by atoms with Crippen molar-refractivity contribution in [2.24, 2.45) is 11.5 Å². The maximum atomic E-state index is 10.7. The normalized spacial score (nSPS) is 14.7. The van der Waals surface area contributed by atoms with Gasteiger partial charge < -0.3 is 26.4 Å². The van der Waals surface area contributed by atoms with E-state index in [1.165, 1.54) is 0 Å². The van der Waals surface area contributed by atoms with Crippen molar-refractivity contribution < 1.29 is 24.5 Å². The summed E-state index contributed by atoms with van der Waals surface area (Å²) in [5, 5.41) is 16.7. The van der Waals surface area contributed by atoms with E-state index in [2.05, 4.69) is 4.74 Å². The molecule has 6 N–H and O–H groups in total. The number of aliphatic hydroxyl groups is 1. The average Bonchev–Trinajstić information content (AvgIpc) is 2.11. The minimum atomic E-state index is -1.27. The van der Waals surface area contributed by atoms with Crippen LogP contribution in [-0.4, -0.2) is 47.4 Å². The van der Waals surface area contributed by atoms with Crippen LogP contribution in [-0.2, 0) is 14.3 Å². The van der Waals surface area contributed by atoms with Crippen molar-refractivity contribution in [3.05, 3.63) is 0 Å². The Morgan fingerprint density at radius 3 is 2.23 bits per heavy atom. The molecule has 0 spiro atoms. The van der Waals surface area contributed by atoms with E-state index in [1.54, 1.807) is 0 Å². The molecule has 0 amide bonds. The number of rotatable bonds is 5. The second kappa shape index (κ2) is 5.46. The summed E-state index contributed by atoms with van der Waals surface area (Å²) < 4.78 is 4.39. The largest absolute Gasteiger partial charge is 0.480 e. The molecular formula is C6H12N2O5. The molecule has 0 aromatic carbocycles. The number of ether oxygens (including phenoxy) is 1. The highest BCUT2D eigenvalue weighted by atomic mass is 16.5. The lowest BCUT2D eigenvalue weighted by Gasteiger charge is -2.10. The summed E-state index contributed by atoms with van der Waals surface area (Å²) in [7, 11) is 0. The molecule has 2 atom stereocenters. The number of aliphatic carboxylic acids is 1. The third-order valence-corrected chi connectivity index (χ3v) is 1.22. The van der Waals surface area contributed by atoms with Crippen LogP contribution in [0.4, 0.5) is 0 Å². The Morgan fingerprint density at radius 1 is 1.31 bits per heavy atom. The van der Waals surface area contributed by atoms with E-state index in [0.717, 1.165) is 0 Å². The number of carboxylic acids is 1. The van der Waals surface area contributed by atoms with Gasteiger partial charge in [-0.3, -0.25) is 9.59 Å². The summed E-state index contributed by atoms with van der Waals surface area (Å²) in [5.74, 6) is -2.15. The number of carbonyl (C=O) groups is 2. The van der Waals surface area contributed by atoms with Gasteiger partial charge in [0.2, 0.25) is 0 Å². The molecule has 0 rings (SSSR count). The zero-order valence-corrected chi connectivity index (χ0v) is 6.84. The first kappa shape index (κ1) is 11.8. The van der Waals surface area contributed by atoms with E-state index in [4.69, 9.17) is 21.7 Å². The lowest BCUT2D eigenvalue weighted by molar-refractivity contribution is -0.149. The molecule has 0 aliphatic carbocycles. The van der Waals surface area contributed by atoms with Gasteiger partial charge in [0.25, 0.3) is 0 Å². The smallest absolute Gasteiger partial charge is 0.325 e. The molecule has 0 bridgehead atoms. The Morgan fingerprint density at radius 2 is 1.85 bits per heavy atom. The molecule has 7 nitrogen and oxygen atoms in total. The van der Waals surface area contributed by atoms with Crippen LogP contribution in [0.2, 0.25) is 0 Å². The third kappa shape index (κ3) is 4.41. The van der Waals surface area contributed by atoms with Crippen molar-refractivity contribution in [1.29, 1.82) is 0 Å². The van der Waals surface area contributed by atoms with Gasteiger partial charge in [-0.15, -0.1) is 0 Å². The molecule has 0 saturated carbocycles. The minimum absolute atomic E-state index is 0.456. The number of esters is 1. The predicted octanol–water partition coefficient (Wildman–Crippen LogP) is -2.74. The zero-order chi connectivity index (χ0) is 10.4. The van der Waals surface area contributed by atoms with E-state index in [1.807, 2.05) is 0 Å². The number of aliphatic hydroxyl groups excluding tert-OH is 1. The van der Waals surface area contributed by atoms with Gasteiger partial charge in [-0.05, 0) is 0 Å². The van der Waals surface area contributed by atoms with Gasteiger partial charge >= 0.3 is 11.9 Å². The van der Waals surface area contributed by atoms with E-state index >= 15 is 0 Å². The summed E-state index contributed by atoms with van der Waals surface area (Å²) in [6.45, 7) is -1.01. The first-order valence-corrected chi connectivity index (χ1v) is 3.50. The lowest BCUT2D eigenvalue weighted by Crippen LogP contribution is -2.40. The van der Waals surface area contributed by atoms with E-state index < -0.39 is 37.2 Å². The molecule has 0 radical (unpaired) electrons. The van der Waals surface area contributed by atoms with Crippen molar-refractivity contribution >= 4 is 11.9 Å². The number of carboxylic acid groups (broad SMARTS) is 1. The van der Waals surface area contributed by atoms with Crippen LogP contribution in [0.1, 0.15) is 0 Å². The summed E-state index contributed by atoms with van der Waals surface area (Å²) in [5.41, 5.74) is 10.1. The van der Waals surface area contributed by atoms with E-state index in [0.29, 0.717) is 0 Å². The predicted molar refractivity (Wildman–Crippen MR) is 41.6 cm³/mol. The Labute approximate surface area is 74.3 Å². The van der Waals surface area contributed by atoms with Crippen LogP contribution < -0.4 is 11.5 Å². The van der Waals surface area contributed by atoms with Crippen LogP contribution in [0.3, 0.4) is 0 Å². The molecule has 76 valence electrons. The molecule has 0 aliphatic rings. The molecule has 0 aromatic heterocycles. The van der Waals surface area contributed by atoms with Crippen molar-refractivity contribution in [3.63, 3.8) is 0 Å². The third-order valence-electron chi connectivity index (χ3n) is 1.22. The SMILES string of the molecule is NC(COC(=O)C(N)CO)C(=O)O. The molecule has 13 heavy (non-hydrogen) atoms. The highest BCUT2D eigenvalue weighted by Crippen LogP contribution is 1.87. The minimum Gasteiger partial charge on any atom is -0.480 e. The van der Waals surface area contributed by atoms with Gasteiger partial charge in [0.15, 0.2) is 0 Å². The quantitative estimate of drug-likeness (QED) is 0.347. The Balaban J connectivity index is 3.76. The Kier molecular flexibility index (Phi) is 4.97. The fourth-order valence-corrected chi connectivity index (χ4v) is 0.425. The van der Waals surface area contributed by atoms with Crippen LogP contribution in [0.5, 0.6) is 0 Å². The van der Waals surface area contributed by atoms with Gasteiger partial charge in [0, 0.05) is 0 Å². The second-order valence-electron chi connectivity index (χ2n) is 2.36. The topological polar surface area (TPSA) is 136 Å². The van der Waals surface area contributed by atoms with Crippen LogP contribution in [0.15, 0.2) is 0 Å². The number of hydrogen-bond donors (Lipinski definition) is 4. The van der Waals surface area contributed by atoms with Crippen molar-refractivity contribution in [3.8, 4) is 0 Å². The number of carbonyl (C=O) groups excluding carboxylic acids is 1. The Bertz CT molecular complexity index is 195. The van der Waals surface area contributed by atoms with Crippen molar-refractivity contribution in [2.75, 3.05) is 13.2 Å². The van der Waals surface area contributed by atoms with Gasteiger partial charge in [0.05, 0.1) is 6.61 Å². The fraction of sp³-hybridized carbons (Fsp3) is 0.667. The highest BCUT2D eigenvalue weighted by Gasteiger charge is 2.18. The van der Waals surface area contributed by atoms with E-state index in [9.17, 15) is 9.59 Å².